The van der Waals surface area contributed by atoms with Crippen molar-refractivity contribution >= 4 is 23.3 Å². The molecule has 136 valence electrons. The summed E-state index contributed by atoms with van der Waals surface area (Å²) in [6.07, 6.45) is 0. The van der Waals surface area contributed by atoms with Crippen LogP contribution in [0.15, 0.2) is 35.5 Å². The van der Waals surface area contributed by atoms with Crippen LogP contribution in [0.3, 0.4) is 0 Å². The quantitative estimate of drug-likeness (QED) is 0.688. The second-order valence-electron chi connectivity index (χ2n) is 5.64. The number of rotatable bonds is 8. The molecular weight excluding hydrogens is 322 g/mol. The minimum atomic E-state index is -0.545. The second-order valence-corrected chi connectivity index (χ2v) is 5.64. The molecule has 1 heterocycles. The van der Waals surface area contributed by atoms with E-state index in [4.69, 9.17) is 9.84 Å². The van der Waals surface area contributed by atoms with E-state index in [1.807, 2.05) is 24.3 Å². The number of β-amino-alcohol motifs (C(OH)–C–C–N with tert-alkyl or cyclic N) is 1. The molecule has 7 heteroatoms. The Balaban J connectivity index is 2.30. The van der Waals surface area contributed by atoms with Crippen molar-refractivity contribution in [3.63, 3.8) is 0 Å². The van der Waals surface area contributed by atoms with Crippen LogP contribution in [0.25, 0.3) is 0 Å². The van der Waals surface area contributed by atoms with Crippen LogP contribution in [-0.2, 0) is 14.3 Å². The number of amides is 1. The number of benzene rings is 1. The number of nitrogens with one attached hydrogen (secondary N) is 1. The topological polar surface area (TPSA) is 82.1 Å². The Labute approximate surface area is 147 Å². The molecule has 25 heavy (non-hydrogen) atoms. The van der Waals surface area contributed by atoms with Gasteiger partial charge in [0.25, 0.3) is 5.91 Å². The molecule has 0 fully saturated rings. The molecule has 1 aromatic carbocycles. The van der Waals surface area contributed by atoms with Gasteiger partial charge in [0.1, 0.15) is 5.70 Å². The molecule has 2 N–H and O–H groups in total. The molecule has 0 bridgehead atoms. The number of ether oxygens (including phenoxy) is 1. The van der Waals surface area contributed by atoms with Gasteiger partial charge in [-0.2, -0.15) is 0 Å². The molecule has 1 aliphatic rings. The second kappa shape index (κ2) is 8.53. The molecule has 0 spiro atoms. The maximum Gasteiger partial charge on any atom is 0.337 e. The highest BCUT2D eigenvalue weighted by atomic mass is 16.5. The zero-order valence-corrected chi connectivity index (χ0v) is 14.9. The van der Waals surface area contributed by atoms with E-state index in [1.165, 1.54) is 12.0 Å². The lowest BCUT2D eigenvalue weighted by molar-refractivity contribution is -0.136. The standard InChI is InChI=1S/C18H25N3O4/c1-4-20(5-2)14-8-6-7-13(11-14)19-16-15(18(24)25-3)12-21(9-10-22)17(16)23/h6-8,11,19,22H,4-5,9-10,12H2,1-3H3. The fraction of sp³-hybridized carbons (Fsp3) is 0.444. The van der Waals surface area contributed by atoms with Crippen molar-refractivity contribution in [1.82, 2.24) is 4.90 Å². The lowest BCUT2D eigenvalue weighted by atomic mass is 10.2. The smallest absolute Gasteiger partial charge is 0.337 e. The van der Waals surface area contributed by atoms with E-state index in [1.54, 1.807) is 0 Å². The predicted molar refractivity (Wildman–Crippen MR) is 96.3 cm³/mol. The number of hydrogen-bond acceptors (Lipinski definition) is 6. The first kappa shape index (κ1) is 18.8. The first-order chi connectivity index (χ1) is 12.0. The van der Waals surface area contributed by atoms with Gasteiger partial charge in [0.05, 0.1) is 25.8 Å². The molecule has 1 amide bonds. The summed E-state index contributed by atoms with van der Waals surface area (Å²) in [6, 6.07) is 7.69. The van der Waals surface area contributed by atoms with Crippen molar-refractivity contribution in [2.75, 3.05) is 50.1 Å². The summed E-state index contributed by atoms with van der Waals surface area (Å²) in [5, 5.41) is 12.2. The van der Waals surface area contributed by atoms with Gasteiger partial charge in [-0.15, -0.1) is 0 Å². The van der Waals surface area contributed by atoms with Crippen LogP contribution >= 0.6 is 0 Å². The third-order valence-corrected chi connectivity index (χ3v) is 4.20. The third kappa shape index (κ3) is 4.11. The lowest BCUT2D eigenvalue weighted by Gasteiger charge is -2.22. The zero-order chi connectivity index (χ0) is 18.4. The van der Waals surface area contributed by atoms with Gasteiger partial charge in [0, 0.05) is 31.0 Å². The Bertz CT molecular complexity index is 668. The van der Waals surface area contributed by atoms with Crippen molar-refractivity contribution in [3.05, 3.63) is 35.5 Å². The normalized spacial score (nSPS) is 14.1. The molecular formula is C18H25N3O4. The zero-order valence-electron chi connectivity index (χ0n) is 14.9. The highest BCUT2D eigenvalue weighted by Crippen LogP contribution is 2.25. The highest BCUT2D eigenvalue weighted by Gasteiger charge is 2.34. The first-order valence-corrected chi connectivity index (χ1v) is 8.39. The molecule has 2 rings (SSSR count). The molecule has 0 radical (unpaired) electrons. The molecule has 7 nitrogen and oxygen atoms in total. The Morgan fingerprint density at radius 3 is 2.68 bits per heavy atom. The van der Waals surface area contributed by atoms with Crippen molar-refractivity contribution in [3.8, 4) is 0 Å². The molecule has 0 aliphatic carbocycles. The summed E-state index contributed by atoms with van der Waals surface area (Å²) in [5.41, 5.74) is 2.24. The summed E-state index contributed by atoms with van der Waals surface area (Å²) >= 11 is 0. The van der Waals surface area contributed by atoms with Crippen LogP contribution in [-0.4, -0.2) is 61.8 Å². The van der Waals surface area contributed by atoms with Gasteiger partial charge in [0.15, 0.2) is 0 Å². The van der Waals surface area contributed by atoms with E-state index in [2.05, 4.69) is 24.1 Å². The number of aliphatic hydroxyl groups excluding tert-OH is 1. The summed E-state index contributed by atoms with van der Waals surface area (Å²) < 4.78 is 4.79. The average Bonchev–Trinajstić information content (AvgIpc) is 2.92. The van der Waals surface area contributed by atoms with Crippen LogP contribution < -0.4 is 10.2 Å². The maximum absolute atomic E-state index is 12.5. The maximum atomic E-state index is 12.5. The summed E-state index contributed by atoms with van der Waals surface area (Å²) in [4.78, 5) is 28.2. The Morgan fingerprint density at radius 1 is 1.36 bits per heavy atom. The van der Waals surface area contributed by atoms with Crippen LogP contribution in [0.4, 0.5) is 11.4 Å². The fourth-order valence-electron chi connectivity index (χ4n) is 2.86. The minimum Gasteiger partial charge on any atom is -0.466 e. The van der Waals surface area contributed by atoms with Crippen LogP contribution in [0.1, 0.15) is 13.8 Å². The predicted octanol–water partition coefficient (Wildman–Crippen LogP) is 1.21. The summed E-state index contributed by atoms with van der Waals surface area (Å²) in [5.74, 6) is -0.862. The molecule has 0 saturated carbocycles. The molecule has 1 aromatic rings. The van der Waals surface area contributed by atoms with E-state index in [0.717, 1.165) is 24.5 Å². The number of carbonyl (C=O) groups excluding carboxylic acids is 2. The number of nitrogens with zero attached hydrogens (tertiary/aromatic N) is 2. The van der Waals surface area contributed by atoms with E-state index in [9.17, 15) is 9.59 Å². The number of methoxy groups -OCH3 is 1. The molecule has 0 unspecified atom stereocenters. The van der Waals surface area contributed by atoms with Gasteiger partial charge in [-0.05, 0) is 32.0 Å². The Morgan fingerprint density at radius 2 is 2.08 bits per heavy atom. The number of esters is 1. The van der Waals surface area contributed by atoms with E-state index >= 15 is 0 Å². The summed E-state index contributed by atoms with van der Waals surface area (Å²) in [7, 11) is 1.28. The van der Waals surface area contributed by atoms with E-state index in [0.29, 0.717) is 0 Å². The van der Waals surface area contributed by atoms with Gasteiger partial charge in [-0.3, -0.25) is 4.79 Å². The number of aliphatic hydroxyl groups is 1. The molecule has 0 saturated heterocycles. The molecule has 0 atom stereocenters. The molecule has 0 aromatic heterocycles. The van der Waals surface area contributed by atoms with E-state index < -0.39 is 5.97 Å². The Kier molecular flexibility index (Phi) is 6.41. The van der Waals surface area contributed by atoms with Gasteiger partial charge in [-0.25, -0.2) is 4.79 Å². The van der Waals surface area contributed by atoms with Gasteiger partial charge < -0.3 is 25.0 Å². The van der Waals surface area contributed by atoms with Gasteiger partial charge in [-0.1, -0.05) is 6.07 Å². The van der Waals surface area contributed by atoms with Crippen molar-refractivity contribution in [2.45, 2.75) is 13.8 Å². The highest BCUT2D eigenvalue weighted by molar-refractivity contribution is 6.08. The minimum absolute atomic E-state index is 0.129. The third-order valence-electron chi connectivity index (χ3n) is 4.20. The van der Waals surface area contributed by atoms with Crippen LogP contribution in [0, 0.1) is 0 Å². The number of anilines is 2. The molecule has 1 aliphatic heterocycles. The van der Waals surface area contributed by atoms with Gasteiger partial charge >= 0.3 is 5.97 Å². The SMILES string of the molecule is CCN(CC)c1cccc(NC2=C(C(=O)OC)CN(CCO)C2=O)c1. The van der Waals surface area contributed by atoms with Crippen LogP contribution in [0.5, 0.6) is 0 Å². The Hall–Kier alpha value is -2.54. The van der Waals surface area contributed by atoms with Gasteiger partial charge in [0.2, 0.25) is 0 Å². The fourth-order valence-corrected chi connectivity index (χ4v) is 2.86. The largest absolute Gasteiger partial charge is 0.466 e. The van der Waals surface area contributed by atoms with Crippen molar-refractivity contribution in [1.29, 1.82) is 0 Å². The average molecular weight is 347 g/mol. The number of hydrogen-bond donors (Lipinski definition) is 2. The lowest BCUT2D eigenvalue weighted by Crippen LogP contribution is -2.31. The first-order valence-electron chi connectivity index (χ1n) is 8.39. The van der Waals surface area contributed by atoms with E-state index in [-0.39, 0.29) is 36.9 Å². The van der Waals surface area contributed by atoms with Crippen molar-refractivity contribution in [2.24, 2.45) is 0 Å². The monoisotopic (exact) mass is 347 g/mol. The van der Waals surface area contributed by atoms with Crippen LogP contribution in [0.2, 0.25) is 0 Å². The number of carbonyl (C=O) groups is 2. The van der Waals surface area contributed by atoms with Crippen molar-refractivity contribution < 1.29 is 19.4 Å². The summed E-state index contributed by atoms with van der Waals surface area (Å²) in [6.45, 7) is 6.04.